The van der Waals surface area contributed by atoms with Crippen molar-refractivity contribution in [2.24, 2.45) is 0 Å². The lowest BCUT2D eigenvalue weighted by molar-refractivity contribution is -0.121. The van der Waals surface area contributed by atoms with Gasteiger partial charge < -0.3 is 49.5 Å². The fourth-order valence-corrected chi connectivity index (χ4v) is 8.64. The van der Waals surface area contributed by atoms with Crippen molar-refractivity contribution >= 4 is 46.9 Å². The maximum absolute atomic E-state index is 14.1. The Hall–Kier alpha value is -6.20. The maximum atomic E-state index is 14.1. The number of ether oxygens (including phenoxy) is 5. The summed E-state index contributed by atoms with van der Waals surface area (Å²) < 4.78 is 41.5. The summed E-state index contributed by atoms with van der Waals surface area (Å²) in [6.07, 6.45) is 4.25. The van der Waals surface area contributed by atoms with Crippen molar-refractivity contribution in [2.45, 2.75) is 65.2 Å². The van der Waals surface area contributed by atoms with Gasteiger partial charge in [0, 0.05) is 120 Å². The van der Waals surface area contributed by atoms with Crippen LogP contribution in [0, 0.1) is 19.7 Å². The van der Waals surface area contributed by atoms with E-state index in [4.69, 9.17) is 23.7 Å². The molecule has 1 aliphatic heterocycles. The summed E-state index contributed by atoms with van der Waals surface area (Å²) in [6, 6.07) is 15.8. The Morgan fingerprint density at radius 1 is 0.824 bits per heavy atom. The van der Waals surface area contributed by atoms with E-state index in [1.165, 1.54) is 23.1 Å². The number of Topliss-reactive ketones (excluding diaryl/α,β-unsaturated/α-hetero) is 1. The second-order valence-corrected chi connectivity index (χ2v) is 16.8. The number of nitrogens with one attached hydrogen (secondary N) is 4. The third-order valence-electron chi connectivity index (χ3n) is 12.1. The Bertz CT molecular complexity index is 2470. The molecule has 1 aliphatic carbocycles. The van der Waals surface area contributed by atoms with E-state index in [-0.39, 0.29) is 61.1 Å². The molecular formula is C52H64FN5O10. The number of likely N-dealkylation sites (N-methyl/N-ethyl adjacent to an activating group) is 1. The van der Waals surface area contributed by atoms with E-state index >= 15 is 0 Å². The molecule has 68 heavy (non-hydrogen) atoms. The summed E-state index contributed by atoms with van der Waals surface area (Å²) in [4.78, 5) is 71.3. The number of halogens is 1. The minimum atomic E-state index is -0.556. The molecule has 3 aromatic carbocycles. The fraction of sp³-hybridized carbons (Fsp3) is 0.442. The molecule has 364 valence electrons. The number of hydrogen-bond acceptors (Lipinski definition) is 10. The second-order valence-electron chi connectivity index (χ2n) is 16.8. The second kappa shape index (κ2) is 25.2. The summed E-state index contributed by atoms with van der Waals surface area (Å²) in [5.41, 5.74) is 8.40. The first-order valence-electron chi connectivity index (χ1n) is 23.4. The van der Waals surface area contributed by atoms with Gasteiger partial charge in [-0.05, 0) is 104 Å². The zero-order valence-corrected chi connectivity index (χ0v) is 39.8. The van der Waals surface area contributed by atoms with Gasteiger partial charge in [0.05, 0.1) is 17.7 Å². The van der Waals surface area contributed by atoms with Crippen LogP contribution < -0.4 is 16.0 Å². The Morgan fingerprint density at radius 2 is 1.57 bits per heavy atom. The Labute approximate surface area is 397 Å². The quantitative estimate of drug-likeness (QED) is 0.0267. The molecular weight excluding hydrogens is 874 g/mol. The van der Waals surface area contributed by atoms with Crippen molar-refractivity contribution in [2.75, 3.05) is 92.0 Å². The lowest BCUT2D eigenvalue weighted by Crippen LogP contribution is -2.39. The summed E-state index contributed by atoms with van der Waals surface area (Å²) >= 11 is 0. The Kier molecular flexibility index (Phi) is 19.0. The molecule has 0 saturated carbocycles. The van der Waals surface area contributed by atoms with Crippen LogP contribution >= 0.6 is 0 Å². The highest BCUT2D eigenvalue weighted by Crippen LogP contribution is 2.47. The van der Waals surface area contributed by atoms with Gasteiger partial charge in [-0.25, -0.2) is 9.18 Å². The number of ketones is 1. The third-order valence-corrected chi connectivity index (χ3v) is 12.1. The molecule has 2 heterocycles. The van der Waals surface area contributed by atoms with E-state index in [0.29, 0.717) is 111 Å². The number of rotatable bonds is 27. The Balaban J connectivity index is 1.10. The van der Waals surface area contributed by atoms with Gasteiger partial charge in [0.15, 0.2) is 5.78 Å². The monoisotopic (exact) mass is 937 g/mol. The molecule has 16 heteroatoms. The molecule has 0 saturated heterocycles. The molecule has 0 radical (unpaired) electrons. The topological polar surface area (TPSA) is 187 Å². The van der Waals surface area contributed by atoms with Crippen molar-refractivity contribution in [3.63, 3.8) is 0 Å². The van der Waals surface area contributed by atoms with Gasteiger partial charge >= 0.3 is 6.09 Å². The normalized spacial score (nSPS) is 14.1. The van der Waals surface area contributed by atoms with E-state index in [9.17, 15) is 28.4 Å². The van der Waals surface area contributed by atoms with Crippen molar-refractivity contribution in [1.29, 1.82) is 0 Å². The lowest BCUT2D eigenvalue weighted by Gasteiger charge is -2.22. The number of hydrogen-bond donors (Lipinski definition) is 4. The van der Waals surface area contributed by atoms with Crippen LogP contribution in [0.2, 0.25) is 0 Å². The number of benzene rings is 3. The van der Waals surface area contributed by atoms with E-state index in [2.05, 4.69) is 20.9 Å². The molecule has 1 atom stereocenters. The van der Waals surface area contributed by atoms with Crippen molar-refractivity contribution < 1.29 is 52.0 Å². The number of aromatic amines is 1. The summed E-state index contributed by atoms with van der Waals surface area (Å²) in [5, 5.41) is 8.57. The van der Waals surface area contributed by atoms with Gasteiger partial charge in [-0.3, -0.25) is 19.2 Å². The fourth-order valence-electron chi connectivity index (χ4n) is 8.64. The minimum absolute atomic E-state index is 0.00185. The van der Waals surface area contributed by atoms with E-state index in [0.717, 1.165) is 40.7 Å². The van der Waals surface area contributed by atoms with Crippen LogP contribution in [0.3, 0.4) is 0 Å². The number of carbonyl (C=O) groups is 5. The van der Waals surface area contributed by atoms with Gasteiger partial charge in [0.2, 0.25) is 5.91 Å². The molecule has 4 aromatic rings. The van der Waals surface area contributed by atoms with Crippen LogP contribution in [0.25, 0.3) is 22.8 Å². The number of fused-ring (bicyclic) bond motifs is 4. The highest BCUT2D eigenvalue weighted by molar-refractivity contribution is 6.35. The predicted molar refractivity (Wildman–Crippen MR) is 257 cm³/mol. The summed E-state index contributed by atoms with van der Waals surface area (Å²) in [7, 11) is 3.29. The van der Waals surface area contributed by atoms with Crippen LogP contribution in [-0.2, 0) is 39.7 Å². The minimum Gasteiger partial charge on any atom is -0.448 e. The first-order valence-corrected chi connectivity index (χ1v) is 23.4. The number of amides is 4. The number of aryl methyl sites for hydroxylation is 2. The first kappa shape index (κ1) is 51.2. The molecule has 6 rings (SSSR count). The number of carbonyl (C=O) groups excluding carboxylic acids is 5. The number of anilines is 1. The van der Waals surface area contributed by atoms with Gasteiger partial charge in [0.25, 0.3) is 11.8 Å². The molecule has 0 spiro atoms. The third kappa shape index (κ3) is 13.1. The predicted octanol–water partition coefficient (Wildman–Crippen LogP) is 7.38. The number of methoxy groups -OCH3 is 2. The first-order chi connectivity index (χ1) is 32.9. The van der Waals surface area contributed by atoms with Gasteiger partial charge in [0.1, 0.15) is 12.4 Å². The standard InChI is InChI=1S/C52H64FN5O10/c1-6-58(22-20-55-51(62)48-33(2)45(56-34(48)3)31-42-41-30-36(53)16-18-44(41)57-50(42)61)52(63)68-32-43-37-11-7-12-39(46(59)13-8-25-66-26-9-23-64-4)49(37)38-17-14-35(29-40(38)43)15-19-47(60)54-21-28-67-27-10-24-65-5/h7,11-12,14,16-18,29-31,43,56H,6,8-10,13,15,19-28,32H2,1-5H3,(H,54,60)(H,55,62)(H,57,61)/b42-31-. The van der Waals surface area contributed by atoms with Gasteiger partial charge in [-0.1, -0.05) is 36.4 Å². The van der Waals surface area contributed by atoms with Gasteiger partial charge in [-0.15, -0.1) is 0 Å². The average molecular weight is 938 g/mol. The zero-order valence-electron chi connectivity index (χ0n) is 39.8. The van der Waals surface area contributed by atoms with Crippen LogP contribution in [-0.4, -0.2) is 126 Å². The van der Waals surface area contributed by atoms with Crippen molar-refractivity contribution in [3.8, 4) is 11.1 Å². The largest absolute Gasteiger partial charge is 0.448 e. The lowest BCUT2D eigenvalue weighted by atomic mass is 9.93. The van der Waals surface area contributed by atoms with Crippen LogP contribution in [0.15, 0.2) is 54.6 Å². The molecule has 0 bridgehead atoms. The van der Waals surface area contributed by atoms with Crippen molar-refractivity contribution in [3.05, 3.63) is 111 Å². The molecule has 0 fully saturated rings. The highest BCUT2D eigenvalue weighted by Gasteiger charge is 2.34. The van der Waals surface area contributed by atoms with Crippen LogP contribution in [0.5, 0.6) is 0 Å². The molecule has 2 aliphatic rings. The van der Waals surface area contributed by atoms with E-state index < -0.39 is 11.9 Å². The summed E-state index contributed by atoms with van der Waals surface area (Å²) in [6.45, 7) is 9.61. The Morgan fingerprint density at radius 3 is 2.32 bits per heavy atom. The highest BCUT2D eigenvalue weighted by atomic mass is 19.1. The molecule has 15 nitrogen and oxygen atoms in total. The summed E-state index contributed by atoms with van der Waals surface area (Å²) in [5.74, 6) is -1.67. The number of nitrogens with zero attached hydrogens (tertiary/aromatic N) is 1. The molecule has 4 N–H and O–H groups in total. The van der Waals surface area contributed by atoms with Crippen LogP contribution in [0.4, 0.5) is 14.9 Å². The number of H-pyrrole nitrogens is 1. The molecule has 1 aromatic heterocycles. The van der Waals surface area contributed by atoms with Crippen molar-refractivity contribution in [1.82, 2.24) is 20.5 Å². The smallest absolute Gasteiger partial charge is 0.409 e. The van der Waals surface area contributed by atoms with E-state index in [1.54, 1.807) is 34.1 Å². The molecule has 1 unspecified atom stereocenters. The van der Waals surface area contributed by atoms with Gasteiger partial charge in [-0.2, -0.15) is 0 Å². The molecule has 4 amide bonds. The SMILES string of the molecule is CCN(CCNC(=O)c1c(C)[nH]c(/C=C2\C(=O)Nc3ccc(F)cc32)c1C)C(=O)OCC1c2cc(CCC(=O)NCCOCCCOC)ccc2-c2c(C(=O)CCCOCCCOC)cccc21. The maximum Gasteiger partial charge on any atom is 0.409 e. The number of aromatic nitrogens is 1. The van der Waals surface area contributed by atoms with Crippen LogP contribution in [0.1, 0.15) is 105 Å². The van der Waals surface area contributed by atoms with E-state index in [1.807, 2.05) is 43.3 Å². The zero-order chi connectivity index (χ0) is 48.6. The average Bonchev–Trinajstić information content (AvgIpc) is 3.93.